The third kappa shape index (κ3) is 4.83. The average Bonchev–Trinajstić information content (AvgIpc) is 3.27. The van der Waals surface area contributed by atoms with Crippen molar-refractivity contribution in [2.75, 3.05) is 19.6 Å². The van der Waals surface area contributed by atoms with Crippen LogP contribution in [0.4, 0.5) is 0 Å². The molecule has 0 unspecified atom stereocenters. The van der Waals surface area contributed by atoms with Gasteiger partial charge in [0.1, 0.15) is 0 Å². The van der Waals surface area contributed by atoms with Crippen LogP contribution in [0, 0.1) is 5.92 Å². The minimum absolute atomic E-state index is 0.283. The first-order chi connectivity index (χ1) is 12.1. The number of hydrogen-bond acceptors (Lipinski definition) is 4. The van der Waals surface area contributed by atoms with Crippen molar-refractivity contribution in [3.05, 3.63) is 12.3 Å². The molecule has 0 bridgehead atoms. The molecule has 1 saturated heterocycles. The van der Waals surface area contributed by atoms with Crippen LogP contribution in [-0.2, 0) is 16.6 Å². The zero-order valence-corrected chi connectivity index (χ0v) is 16.2. The Morgan fingerprint density at radius 1 is 1.20 bits per heavy atom. The largest absolute Gasteiger partial charge is 0.300 e. The van der Waals surface area contributed by atoms with Crippen molar-refractivity contribution in [3.8, 4) is 0 Å². The van der Waals surface area contributed by atoms with Crippen molar-refractivity contribution in [3.63, 3.8) is 0 Å². The highest BCUT2D eigenvalue weighted by molar-refractivity contribution is 7.89. The molecule has 6 nitrogen and oxygen atoms in total. The summed E-state index contributed by atoms with van der Waals surface area (Å²) in [4.78, 5) is 2.66. The lowest BCUT2D eigenvalue weighted by Crippen LogP contribution is -2.40. The number of piperidine rings is 1. The second-order valence-electron chi connectivity index (χ2n) is 7.50. The molecule has 1 N–H and O–H groups in total. The Hall–Kier alpha value is -0.920. The molecule has 0 aromatic carbocycles. The number of hydrogen-bond donors (Lipinski definition) is 1. The summed E-state index contributed by atoms with van der Waals surface area (Å²) in [5, 5.41) is 4.39. The Balaban J connectivity index is 1.42. The molecule has 1 aromatic heterocycles. The maximum atomic E-state index is 12.5. The maximum absolute atomic E-state index is 12.5. The molecule has 2 heterocycles. The number of nitrogens with one attached hydrogen (secondary N) is 1. The highest BCUT2D eigenvalue weighted by Gasteiger charge is 2.27. The summed E-state index contributed by atoms with van der Waals surface area (Å²) in [5.74, 6) is 0.640. The van der Waals surface area contributed by atoms with Crippen molar-refractivity contribution in [2.45, 2.75) is 75.9 Å². The third-order valence-corrected chi connectivity index (χ3v) is 7.20. The maximum Gasteiger partial charge on any atom is 0.257 e. The number of rotatable bonds is 8. The predicted molar refractivity (Wildman–Crippen MR) is 98.9 cm³/mol. The predicted octanol–water partition coefficient (Wildman–Crippen LogP) is 2.62. The van der Waals surface area contributed by atoms with E-state index in [4.69, 9.17) is 0 Å². The van der Waals surface area contributed by atoms with E-state index in [0.29, 0.717) is 19.0 Å². The van der Waals surface area contributed by atoms with E-state index in [1.165, 1.54) is 51.6 Å². The van der Waals surface area contributed by atoms with Crippen LogP contribution in [0.2, 0.25) is 0 Å². The quantitative estimate of drug-likeness (QED) is 0.766. The normalized spacial score (nSPS) is 21.2. The molecule has 25 heavy (non-hydrogen) atoms. The van der Waals surface area contributed by atoms with Crippen molar-refractivity contribution >= 4 is 10.0 Å². The first-order valence-corrected chi connectivity index (χ1v) is 11.3. The second kappa shape index (κ2) is 8.64. The summed E-state index contributed by atoms with van der Waals surface area (Å²) in [6, 6.07) is 2.40. The molecule has 7 heteroatoms. The Morgan fingerprint density at radius 3 is 2.60 bits per heavy atom. The van der Waals surface area contributed by atoms with Gasteiger partial charge in [0.05, 0.1) is 6.20 Å². The topological polar surface area (TPSA) is 67.2 Å². The van der Waals surface area contributed by atoms with Crippen LogP contribution in [0.1, 0.15) is 58.3 Å². The van der Waals surface area contributed by atoms with Crippen LogP contribution in [0.5, 0.6) is 0 Å². The fraction of sp³-hybridized carbons (Fsp3) is 0.833. The fourth-order valence-corrected chi connectivity index (χ4v) is 5.47. The number of sulfonamides is 1. The number of aromatic nitrogens is 2. The van der Waals surface area contributed by atoms with Crippen molar-refractivity contribution < 1.29 is 8.42 Å². The van der Waals surface area contributed by atoms with Crippen LogP contribution in [-0.4, -0.2) is 48.8 Å². The molecule has 3 rings (SSSR count). The molecular weight excluding hydrogens is 336 g/mol. The highest BCUT2D eigenvalue weighted by Crippen LogP contribution is 2.28. The molecular formula is C18H32N4O2S. The highest BCUT2D eigenvalue weighted by atomic mass is 32.2. The lowest BCUT2D eigenvalue weighted by atomic mass is 9.92. The lowest BCUT2D eigenvalue weighted by molar-refractivity contribution is 0.131. The van der Waals surface area contributed by atoms with Gasteiger partial charge >= 0.3 is 0 Å². The van der Waals surface area contributed by atoms with Crippen LogP contribution in [0.25, 0.3) is 0 Å². The molecule has 142 valence electrons. The van der Waals surface area contributed by atoms with Gasteiger partial charge in [-0.2, -0.15) is 5.10 Å². The van der Waals surface area contributed by atoms with Gasteiger partial charge in [0.25, 0.3) is 10.0 Å². The Morgan fingerprint density at radius 2 is 1.92 bits per heavy atom. The van der Waals surface area contributed by atoms with E-state index >= 15 is 0 Å². The van der Waals surface area contributed by atoms with Crippen molar-refractivity contribution in [1.82, 2.24) is 19.4 Å². The zero-order valence-electron chi connectivity index (χ0n) is 15.4. The Bertz CT molecular complexity index is 629. The molecule has 0 atom stereocenters. The van der Waals surface area contributed by atoms with E-state index in [1.54, 1.807) is 16.9 Å². The summed E-state index contributed by atoms with van der Waals surface area (Å²) >= 11 is 0. The van der Waals surface area contributed by atoms with Crippen LogP contribution < -0.4 is 4.72 Å². The monoisotopic (exact) mass is 368 g/mol. The van der Waals surface area contributed by atoms with Gasteiger partial charge in [0.15, 0.2) is 5.03 Å². The molecule has 0 amide bonds. The Kier molecular flexibility index (Phi) is 6.52. The van der Waals surface area contributed by atoms with Gasteiger partial charge in [-0.15, -0.1) is 0 Å². The lowest BCUT2D eigenvalue weighted by Gasteiger charge is -2.36. The second-order valence-corrected chi connectivity index (χ2v) is 9.21. The number of aryl methyl sites for hydroxylation is 1. The van der Waals surface area contributed by atoms with Gasteiger partial charge in [-0.05, 0) is 63.6 Å². The van der Waals surface area contributed by atoms with E-state index in [9.17, 15) is 8.42 Å². The van der Waals surface area contributed by atoms with Crippen molar-refractivity contribution in [2.24, 2.45) is 5.92 Å². The van der Waals surface area contributed by atoms with Gasteiger partial charge < -0.3 is 4.90 Å². The number of nitrogens with zero attached hydrogens (tertiary/aromatic N) is 3. The minimum atomic E-state index is -3.45. The van der Waals surface area contributed by atoms with Gasteiger partial charge in [-0.25, -0.2) is 13.1 Å². The van der Waals surface area contributed by atoms with E-state index in [-0.39, 0.29) is 5.03 Å². The molecule has 1 aliphatic carbocycles. The smallest absolute Gasteiger partial charge is 0.257 e. The summed E-state index contributed by atoms with van der Waals surface area (Å²) in [7, 11) is -3.45. The fourth-order valence-electron chi connectivity index (χ4n) is 4.28. The summed E-state index contributed by atoms with van der Waals surface area (Å²) in [6.45, 7) is 5.54. The molecule has 2 aliphatic rings. The van der Waals surface area contributed by atoms with Crippen LogP contribution in [0.3, 0.4) is 0 Å². The van der Waals surface area contributed by atoms with E-state index in [1.807, 2.05) is 6.92 Å². The van der Waals surface area contributed by atoms with Gasteiger partial charge in [0.2, 0.25) is 0 Å². The van der Waals surface area contributed by atoms with Gasteiger partial charge in [0, 0.05) is 19.1 Å². The molecule has 1 aliphatic heterocycles. The molecule has 0 radical (unpaired) electrons. The number of likely N-dealkylation sites (tertiary alicyclic amines) is 1. The molecule has 2 fully saturated rings. The van der Waals surface area contributed by atoms with Gasteiger partial charge in [-0.1, -0.05) is 19.8 Å². The van der Waals surface area contributed by atoms with Crippen LogP contribution in [0.15, 0.2) is 17.3 Å². The Labute approximate surface area is 152 Å². The standard InChI is InChI=1S/C18H32N4O2S/c1-2-13-22-18(8-11-19-22)25(23,24)20-12-7-16-9-14-21(15-10-16)17-5-3-4-6-17/h8,11,16-17,20H,2-7,9-10,12-15H2,1H3. The summed E-state index contributed by atoms with van der Waals surface area (Å²) in [5.41, 5.74) is 0. The van der Waals surface area contributed by atoms with Crippen LogP contribution >= 0.6 is 0 Å². The van der Waals surface area contributed by atoms with E-state index in [0.717, 1.165) is 18.9 Å². The molecule has 0 spiro atoms. The average molecular weight is 369 g/mol. The SMILES string of the molecule is CCCn1nccc1S(=O)(=O)NCCC1CCN(C2CCCC2)CC1. The van der Waals surface area contributed by atoms with E-state index in [2.05, 4.69) is 14.7 Å². The molecule has 1 aromatic rings. The minimum Gasteiger partial charge on any atom is -0.300 e. The van der Waals surface area contributed by atoms with Gasteiger partial charge in [-0.3, -0.25) is 4.68 Å². The summed E-state index contributed by atoms with van der Waals surface area (Å²) in [6.07, 6.45) is 11.3. The first kappa shape index (κ1) is 18.9. The molecule has 1 saturated carbocycles. The first-order valence-electron chi connectivity index (χ1n) is 9.85. The van der Waals surface area contributed by atoms with E-state index < -0.39 is 10.0 Å². The summed E-state index contributed by atoms with van der Waals surface area (Å²) < 4.78 is 29.3. The van der Waals surface area contributed by atoms with Crippen molar-refractivity contribution in [1.29, 1.82) is 0 Å². The third-order valence-electron chi connectivity index (χ3n) is 5.72. The zero-order chi connectivity index (χ0) is 17.7.